The summed E-state index contributed by atoms with van der Waals surface area (Å²) in [5, 5.41) is 13.4. The van der Waals surface area contributed by atoms with Crippen LogP contribution >= 0.6 is 11.3 Å². The number of benzene rings is 1. The van der Waals surface area contributed by atoms with Crippen molar-refractivity contribution in [3.63, 3.8) is 0 Å². The fourth-order valence-corrected chi connectivity index (χ4v) is 3.16. The zero-order valence-electron chi connectivity index (χ0n) is 17.5. The number of hydrogen-bond acceptors (Lipinski definition) is 10. The first-order valence-electron chi connectivity index (χ1n) is 9.20. The van der Waals surface area contributed by atoms with E-state index in [1.54, 1.807) is 5.38 Å². The van der Waals surface area contributed by atoms with Gasteiger partial charge in [0.2, 0.25) is 11.8 Å². The number of rotatable bonds is 9. The van der Waals surface area contributed by atoms with Crippen LogP contribution in [0.3, 0.4) is 0 Å². The van der Waals surface area contributed by atoms with Crippen LogP contribution in [-0.2, 0) is 0 Å². The third kappa shape index (κ3) is 5.38. The van der Waals surface area contributed by atoms with Gasteiger partial charge in [-0.25, -0.2) is 0 Å². The van der Waals surface area contributed by atoms with Crippen molar-refractivity contribution in [1.82, 2.24) is 15.0 Å². The zero-order valence-corrected chi connectivity index (χ0v) is 18.3. The average molecular weight is 446 g/mol. The predicted octanol–water partition coefficient (Wildman–Crippen LogP) is 2.98. The van der Waals surface area contributed by atoms with Crippen molar-refractivity contribution in [3.05, 3.63) is 40.4 Å². The highest BCUT2D eigenvalue weighted by Gasteiger charge is 2.22. The number of carbonyl (C=O) groups excluding carboxylic acids is 1. The normalized spacial score (nSPS) is 10.5. The van der Waals surface area contributed by atoms with E-state index in [-0.39, 0.29) is 42.4 Å². The van der Waals surface area contributed by atoms with Gasteiger partial charge >= 0.3 is 6.01 Å². The largest absolute Gasteiger partial charge is 0.479 e. The summed E-state index contributed by atoms with van der Waals surface area (Å²) >= 11 is 1.20. The van der Waals surface area contributed by atoms with Gasteiger partial charge < -0.3 is 29.4 Å². The smallest absolute Gasteiger partial charge is 0.323 e. The van der Waals surface area contributed by atoms with Crippen LogP contribution in [0.15, 0.2) is 23.6 Å². The molecule has 0 atom stereocenters. The Labute approximate surface area is 182 Å². The fraction of sp³-hybridized carbons (Fsp3) is 0.300. The molecule has 10 nitrogen and oxygen atoms in total. The standard InChI is InChI=1S/C20H22N4O6S/c1-11-5-6-12(2)14(9-11)30-20-21-13(10-31-20)16(26)22-15-17(27-3)23-19(29-8-7-25)24-18(15)28-4/h5-6,9-10,25H,7-8H2,1-4H3,(H,22,26). The molecule has 0 aliphatic rings. The lowest BCUT2D eigenvalue weighted by Crippen LogP contribution is -2.16. The minimum Gasteiger partial charge on any atom is -0.479 e. The molecule has 3 rings (SSSR count). The topological polar surface area (TPSA) is 125 Å². The molecule has 0 aliphatic carbocycles. The van der Waals surface area contributed by atoms with E-state index >= 15 is 0 Å². The second kappa shape index (κ2) is 10.0. The quantitative estimate of drug-likeness (QED) is 0.510. The van der Waals surface area contributed by atoms with Crippen molar-refractivity contribution < 1.29 is 28.8 Å². The summed E-state index contributed by atoms with van der Waals surface area (Å²) in [5.74, 6) is 0.235. The summed E-state index contributed by atoms with van der Waals surface area (Å²) < 4.78 is 21.5. The molecule has 2 N–H and O–H groups in total. The van der Waals surface area contributed by atoms with Gasteiger partial charge in [-0.3, -0.25) is 4.79 Å². The number of thiazole rings is 1. The predicted molar refractivity (Wildman–Crippen MR) is 114 cm³/mol. The van der Waals surface area contributed by atoms with E-state index in [4.69, 9.17) is 24.1 Å². The number of aryl methyl sites for hydroxylation is 2. The number of nitrogens with one attached hydrogen (secondary N) is 1. The van der Waals surface area contributed by atoms with Gasteiger partial charge in [-0.15, -0.1) is 0 Å². The Morgan fingerprint density at radius 1 is 1.13 bits per heavy atom. The molecule has 1 amide bonds. The highest BCUT2D eigenvalue weighted by Crippen LogP contribution is 2.34. The number of nitrogens with zero attached hydrogens (tertiary/aromatic N) is 3. The highest BCUT2D eigenvalue weighted by atomic mass is 32.1. The number of anilines is 1. The summed E-state index contributed by atoms with van der Waals surface area (Å²) in [4.78, 5) is 25.1. The van der Waals surface area contributed by atoms with Gasteiger partial charge in [0.15, 0.2) is 5.69 Å². The third-order valence-corrected chi connectivity index (χ3v) is 4.74. The van der Waals surface area contributed by atoms with Gasteiger partial charge in [-0.1, -0.05) is 23.5 Å². The lowest BCUT2D eigenvalue weighted by molar-refractivity contribution is 0.102. The summed E-state index contributed by atoms with van der Waals surface area (Å²) in [6, 6.07) is 5.80. The molecule has 164 valence electrons. The zero-order chi connectivity index (χ0) is 22.4. The lowest BCUT2D eigenvalue weighted by Gasteiger charge is -2.13. The molecule has 0 fully saturated rings. The van der Waals surface area contributed by atoms with Gasteiger partial charge in [-0.2, -0.15) is 15.0 Å². The van der Waals surface area contributed by atoms with E-state index in [9.17, 15) is 4.79 Å². The van der Waals surface area contributed by atoms with Crippen LogP contribution in [0, 0.1) is 13.8 Å². The number of amides is 1. The second-order valence-corrected chi connectivity index (χ2v) is 7.12. The van der Waals surface area contributed by atoms with Crippen molar-refractivity contribution in [2.45, 2.75) is 13.8 Å². The van der Waals surface area contributed by atoms with E-state index in [0.717, 1.165) is 11.1 Å². The Hall–Kier alpha value is -3.44. The number of methoxy groups -OCH3 is 2. The van der Waals surface area contributed by atoms with E-state index in [0.29, 0.717) is 10.9 Å². The van der Waals surface area contributed by atoms with E-state index in [1.807, 2.05) is 32.0 Å². The van der Waals surface area contributed by atoms with Crippen LogP contribution in [0.4, 0.5) is 5.69 Å². The molecule has 0 saturated heterocycles. The maximum Gasteiger partial charge on any atom is 0.323 e. The Morgan fingerprint density at radius 2 is 1.84 bits per heavy atom. The van der Waals surface area contributed by atoms with Crippen LogP contribution in [0.2, 0.25) is 0 Å². The van der Waals surface area contributed by atoms with E-state index < -0.39 is 5.91 Å². The van der Waals surface area contributed by atoms with Crippen molar-refractivity contribution in [3.8, 4) is 28.7 Å². The van der Waals surface area contributed by atoms with Crippen molar-refractivity contribution >= 4 is 22.9 Å². The number of ether oxygens (including phenoxy) is 4. The summed E-state index contributed by atoms with van der Waals surface area (Å²) in [6.45, 7) is 3.70. The molecule has 0 aliphatic heterocycles. The Morgan fingerprint density at radius 3 is 2.48 bits per heavy atom. The van der Waals surface area contributed by atoms with Crippen LogP contribution in [0.25, 0.3) is 0 Å². The number of hydrogen-bond donors (Lipinski definition) is 2. The first-order valence-corrected chi connectivity index (χ1v) is 10.1. The number of aliphatic hydroxyl groups is 1. The molecule has 0 radical (unpaired) electrons. The average Bonchev–Trinajstić information content (AvgIpc) is 3.23. The van der Waals surface area contributed by atoms with Crippen LogP contribution in [0.1, 0.15) is 21.6 Å². The number of carbonyl (C=O) groups is 1. The Kier molecular flexibility index (Phi) is 7.21. The van der Waals surface area contributed by atoms with E-state index in [2.05, 4.69) is 20.3 Å². The number of aliphatic hydroxyl groups excluding tert-OH is 1. The van der Waals surface area contributed by atoms with Crippen LogP contribution in [-0.4, -0.2) is 53.4 Å². The monoisotopic (exact) mass is 446 g/mol. The van der Waals surface area contributed by atoms with Crippen molar-refractivity contribution in [2.24, 2.45) is 0 Å². The molecule has 0 unspecified atom stereocenters. The first kappa shape index (κ1) is 22.2. The van der Waals surface area contributed by atoms with Gasteiger partial charge in [0, 0.05) is 5.38 Å². The van der Waals surface area contributed by atoms with Crippen LogP contribution < -0.4 is 24.3 Å². The number of aromatic nitrogens is 3. The van der Waals surface area contributed by atoms with Gasteiger partial charge in [0.25, 0.3) is 11.1 Å². The van der Waals surface area contributed by atoms with Gasteiger partial charge in [0.1, 0.15) is 18.1 Å². The molecule has 0 saturated carbocycles. The maximum absolute atomic E-state index is 12.7. The molecule has 2 aromatic heterocycles. The third-order valence-electron chi connectivity index (χ3n) is 4.03. The molecule has 0 spiro atoms. The van der Waals surface area contributed by atoms with Crippen molar-refractivity contribution in [1.29, 1.82) is 0 Å². The summed E-state index contributed by atoms with van der Waals surface area (Å²) in [5.41, 5.74) is 2.29. The molecule has 2 heterocycles. The van der Waals surface area contributed by atoms with E-state index in [1.165, 1.54) is 25.6 Å². The molecule has 3 aromatic rings. The minimum absolute atomic E-state index is 0.0000280. The molecule has 0 bridgehead atoms. The lowest BCUT2D eigenvalue weighted by atomic mass is 10.1. The summed E-state index contributed by atoms with van der Waals surface area (Å²) in [7, 11) is 2.76. The van der Waals surface area contributed by atoms with Crippen LogP contribution in [0.5, 0.6) is 28.7 Å². The molecule has 1 aromatic carbocycles. The molecular formula is C20H22N4O6S. The van der Waals surface area contributed by atoms with Gasteiger partial charge in [-0.05, 0) is 31.0 Å². The molecule has 11 heteroatoms. The Balaban J connectivity index is 1.79. The first-order chi connectivity index (χ1) is 14.9. The second-order valence-electron chi connectivity index (χ2n) is 6.30. The summed E-state index contributed by atoms with van der Waals surface area (Å²) in [6.07, 6.45) is 0. The van der Waals surface area contributed by atoms with Gasteiger partial charge in [0.05, 0.1) is 20.8 Å². The van der Waals surface area contributed by atoms with Crippen molar-refractivity contribution in [2.75, 3.05) is 32.8 Å². The highest BCUT2D eigenvalue weighted by molar-refractivity contribution is 7.11. The molecule has 31 heavy (non-hydrogen) atoms. The molecular weight excluding hydrogens is 424 g/mol. The SMILES string of the molecule is COc1nc(OCCO)nc(OC)c1NC(=O)c1csc(Oc2cc(C)ccc2C)n1. The maximum atomic E-state index is 12.7. The minimum atomic E-state index is -0.517. The fourth-order valence-electron chi connectivity index (χ4n) is 2.50. The Bertz CT molecular complexity index is 1050.